The fourth-order valence-electron chi connectivity index (χ4n) is 2.04. The molecule has 0 bridgehead atoms. The number of aryl methyl sites for hydroxylation is 1. The monoisotopic (exact) mass is 322 g/mol. The lowest BCUT2D eigenvalue weighted by Gasteiger charge is -2.04. The summed E-state index contributed by atoms with van der Waals surface area (Å²) in [5, 5.41) is 9.00. The van der Waals surface area contributed by atoms with Crippen LogP contribution in [-0.4, -0.2) is 16.9 Å². The summed E-state index contributed by atoms with van der Waals surface area (Å²) in [5.74, 6) is 0.159. The van der Waals surface area contributed by atoms with Crippen LogP contribution in [0.25, 0.3) is 0 Å². The second-order valence-corrected chi connectivity index (χ2v) is 7.06. The second-order valence-electron chi connectivity index (χ2n) is 5.06. The van der Waals surface area contributed by atoms with E-state index < -0.39 is 0 Å². The van der Waals surface area contributed by atoms with Gasteiger partial charge in [-0.3, -0.25) is 4.79 Å². The molecule has 1 amide bonds. The minimum atomic E-state index is -0.149. The first kappa shape index (κ1) is 14.3. The number of thiophene rings is 1. The van der Waals surface area contributed by atoms with E-state index in [1.807, 2.05) is 0 Å². The lowest BCUT2D eigenvalue weighted by Crippen LogP contribution is -2.22. The van der Waals surface area contributed by atoms with Crippen LogP contribution in [0.1, 0.15) is 39.9 Å². The van der Waals surface area contributed by atoms with E-state index in [4.69, 9.17) is 5.73 Å². The van der Waals surface area contributed by atoms with Crippen LogP contribution in [0.2, 0.25) is 0 Å². The first-order valence-corrected chi connectivity index (χ1v) is 8.73. The minimum Gasteiger partial charge on any atom is -0.382 e. The van der Waals surface area contributed by atoms with Crippen molar-refractivity contribution < 1.29 is 4.79 Å². The van der Waals surface area contributed by atoms with Crippen molar-refractivity contribution >= 4 is 39.5 Å². The fraction of sp³-hybridized carbons (Fsp3) is 0.429. The van der Waals surface area contributed by atoms with Crippen molar-refractivity contribution in [1.82, 2.24) is 10.3 Å². The first-order chi connectivity index (χ1) is 10.2. The van der Waals surface area contributed by atoms with Crippen molar-refractivity contribution in [2.75, 3.05) is 11.1 Å². The van der Waals surface area contributed by atoms with E-state index in [1.54, 1.807) is 11.3 Å². The highest BCUT2D eigenvalue weighted by molar-refractivity contribution is 7.18. The summed E-state index contributed by atoms with van der Waals surface area (Å²) in [7, 11) is 0. The van der Waals surface area contributed by atoms with Crippen molar-refractivity contribution in [2.45, 2.75) is 38.8 Å². The molecule has 21 heavy (non-hydrogen) atoms. The van der Waals surface area contributed by atoms with Gasteiger partial charge in [0.2, 0.25) is 0 Å². The number of nitrogens with one attached hydrogen (secondary N) is 2. The molecule has 0 radical (unpaired) electrons. The summed E-state index contributed by atoms with van der Waals surface area (Å²) >= 11 is 2.99. The average molecular weight is 322 g/mol. The van der Waals surface area contributed by atoms with Crippen molar-refractivity contribution in [3.05, 3.63) is 26.8 Å². The van der Waals surface area contributed by atoms with Gasteiger partial charge in [-0.2, -0.15) is 0 Å². The number of nitrogens with two attached hydrogens (primary N) is 1. The molecule has 1 saturated carbocycles. The third kappa shape index (κ3) is 3.36. The maximum Gasteiger partial charge on any atom is 0.265 e. The molecule has 112 valence electrons. The van der Waals surface area contributed by atoms with Crippen molar-refractivity contribution in [3.8, 4) is 0 Å². The number of carbonyl (C=O) groups is 1. The summed E-state index contributed by atoms with van der Waals surface area (Å²) in [5.41, 5.74) is 7.13. The van der Waals surface area contributed by atoms with Gasteiger partial charge in [-0.1, -0.05) is 18.3 Å². The number of thiazole rings is 1. The van der Waals surface area contributed by atoms with E-state index in [0.29, 0.717) is 23.3 Å². The van der Waals surface area contributed by atoms with Gasteiger partial charge in [-0.15, -0.1) is 11.3 Å². The van der Waals surface area contributed by atoms with Gasteiger partial charge in [0.1, 0.15) is 10.7 Å². The molecule has 2 heterocycles. The van der Waals surface area contributed by atoms with Gasteiger partial charge in [0.25, 0.3) is 5.91 Å². The maximum absolute atomic E-state index is 12.2. The van der Waals surface area contributed by atoms with Gasteiger partial charge in [0, 0.05) is 10.9 Å². The van der Waals surface area contributed by atoms with Gasteiger partial charge in [0.05, 0.1) is 6.54 Å². The number of nitrogens with zero attached hydrogens (tertiary/aromatic N) is 1. The van der Waals surface area contributed by atoms with Crippen LogP contribution in [0.5, 0.6) is 0 Å². The molecule has 4 N–H and O–H groups in total. The topological polar surface area (TPSA) is 80.0 Å². The molecule has 0 aromatic carbocycles. The van der Waals surface area contributed by atoms with Crippen LogP contribution < -0.4 is 16.4 Å². The number of rotatable bonds is 6. The molecule has 2 aromatic heterocycles. The normalized spacial score (nSPS) is 14.1. The first-order valence-electron chi connectivity index (χ1n) is 7.03. The Morgan fingerprint density at radius 3 is 3.05 bits per heavy atom. The van der Waals surface area contributed by atoms with Crippen LogP contribution in [0, 0.1) is 0 Å². The number of hydrogen-bond donors (Lipinski definition) is 3. The van der Waals surface area contributed by atoms with Crippen LogP contribution >= 0.6 is 22.7 Å². The Balaban J connectivity index is 1.63. The molecule has 5 nitrogen and oxygen atoms in total. The van der Waals surface area contributed by atoms with Crippen LogP contribution in [0.15, 0.2) is 11.4 Å². The molecule has 0 atom stereocenters. The highest BCUT2D eigenvalue weighted by Crippen LogP contribution is 2.30. The number of hydrogen-bond acceptors (Lipinski definition) is 6. The molecule has 0 spiro atoms. The van der Waals surface area contributed by atoms with Crippen LogP contribution in [0.4, 0.5) is 10.9 Å². The van der Waals surface area contributed by atoms with E-state index >= 15 is 0 Å². The summed E-state index contributed by atoms with van der Waals surface area (Å²) in [6, 6.07) is 2.61. The Bertz CT molecular complexity index is 645. The van der Waals surface area contributed by atoms with Crippen molar-refractivity contribution in [3.63, 3.8) is 0 Å². The molecule has 1 aliphatic rings. The van der Waals surface area contributed by atoms with E-state index in [1.165, 1.54) is 34.6 Å². The molecule has 1 fully saturated rings. The summed E-state index contributed by atoms with van der Waals surface area (Å²) < 4.78 is 0. The van der Waals surface area contributed by atoms with Gasteiger partial charge in [0.15, 0.2) is 5.13 Å². The summed E-state index contributed by atoms with van der Waals surface area (Å²) in [6.07, 6.45) is 3.31. The molecule has 7 heteroatoms. The van der Waals surface area contributed by atoms with Crippen LogP contribution in [-0.2, 0) is 13.0 Å². The smallest absolute Gasteiger partial charge is 0.265 e. The predicted molar refractivity (Wildman–Crippen MR) is 88.0 cm³/mol. The van der Waals surface area contributed by atoms with Crippen LogP contribution in [0.3, 0.4) is 0 Å². The zero-order chi connectivity index (χ0) is 14.8. The Morgan fingerprint density at radius 2 is 2.33 bits per heavy atom. The Morgan fingerprint density at radius 1 is 1.52 bits per heavy atom. The minimum absolute atomic E-state index is 0.149. The lowest BCUT2D eigenvalue weighted by atomic mass is 10.2. The summed E-state index contributed by atoms with van der Waals surface area (Å²) in [6.45, 7) is 2.66. The quantitative estimate of drug-likeness (QED) is 0.764. The number of amides is 1. The third-order valence-electron chi connectivity index (χ3n) is 3.39. The molecule has 2 aromatic rings. The van der Waals surface area contributed by atoms with Gasteiger partial charge in [-0.25, -0.2) is 4.98 Å². The Labute approximate surface area is 131 Å². The highest BCUT2D eigenvalue weighted by atomic mass is 32.1. The SMILES string of the molecule is CCc1ccsc1CNC(=O)c1sc(NC2CC2)nc1N. The zero-order valence-electron chi connectivity index (χ0n) is 11.8. The van der Waals surface area contributed by atoms with E-state index in [-0.39, 0.29) is 5.91 Å². The standard InChI is InChI=1S/C14H18N4OS2/c1-2-8-5-6-20-10(8)7-16-13(19)11-12(15)18-14(21-11)17-9-3-4-9/h5-6,9H,2-4,7,15H2,1H3,(H,16,19)(H,17,18). The Hall–Kier alpha value is -1.60. The van der Waals surface area contributed by atoms with Crippen molar-refractivity contribution in [2.24, 2.45) is 0 Å². The molecule has 0 aliphatic heterocycles. The molecule has 3 rings (SSSR count). The summed E-state index contributed by atoms with van der Waals surface area (Å²) in [4.78, 5) is 18.1. The van der Waals surface area contributed by atoms with E-state index in [9.17, 15) is 4.79 Å². The third-order valence-corrected chi connectivity index (χ3v) is 5.36. The number of aromatic nitrogens is 1. The van der Waals surface area contributed by atoms with Gasteiger partial charge in [-0.05, 0) is 36.3 Å². The zero-order valence-corrected chi connectivity index (χ0v) is 13.4. The highest BCUT2D eigenvalue weighted by Gasteiger charge is 2.24. The second kappa shape index (κ2) is 6.03. The lowest BCUT2D eigenvalue weighted by molar-refractivity contribution is 0.0956. The molecule has 1 aliphatic carbocycles. The molecular weight excluding hydrogens is 304 g/mol. The molecule has 0 saturated heterocycles. The molecular formula is C14H18N4OS2. The molecule has 0 unspecified atom stereocenters. The number of nitrogen functional groups attached to an aromatic ring is 1. The fourth-order valence-corrected chi connectivity index (χ4v) is 3.83. The maximum atomic E-state index is 12.2. The van der Waals surface area contributed by atoms with Crippen molar-refractivity contribution in [1.29, 1.82) is 0 Å². The van der Waals surface area contributed by atoms with Gasteiger partial charge >= 0.3 is 0 Å². The van der Waals surface area contributed by atoms with E-state index in [2.05, 4.69) is 34.0 Å². The van der Waals surface area contributed by atoms with E-state index in [0.717, 1.165) is 11.6 Å². The largest absolute Gasteiger partial charge is 0.382 e. The number of carbonyl (C=O) groups excluding carboxylic acids is 1. The number of anilines is 2. The predicted octanol–water partition coefficient (Wildman–Crippen LogP) is 2.85. The Kier molecular flexibility index (Phi) is 4.12. The average Bonchev–Trinajstić information content (AvgIpc) is 3.03. The van der Waals surface area contributed by atoms with Gasteiger partial charge < -0.3 is 16.4 Å².